The van der Waals surface area contributed by atoms with Gasteiger partial charge in [0.15, 0.2) is 0 Å². The molecule has 0 aliphatic carbocycles. The van der Waals surface area contributed by atoms with Crippen LogP contribution in [0.4, 0.5) is 11.5 Å². The van der Waals surface area contributed by atoms with Crippen molar-refractivity contribution in [3.05, 3.63) is 46.9 Å². The van der Waals surface area contributed by atoms with Crippen molar-refractivity contribution in [3.63, 3.8) is 0 Å². The Hall–Kier alpha value is -2.67. The molecule has 2 rings (SSSR count). The molecule has 2 aromatic rings. The summed E-state index contributed by atoms with van der Waals surface area (Å²) in [7, 11) is 1.30. The zero-order valence-corrected chi connectivity index (χ0v) is 14.9. The topological polar surface area (TPSA) is 93.2 Å². The fraction of sp³-hybridized carbons (Fsp3) is 0.294. The summed E-state index contributed by atoms with van der Waals surface area (Å²) in [5.41, 5.74) is 1.05. The summed E-state index contributed by atoms with van der Waals surface area (Å²) >= 11 is 6.15. The molecular formula is C17H19ClN4O3. The Kier molecular flexibility index (Phi) is 6.30. The highest BCUT2D eigenvalue weighted by Crippen LogP contribution is 2.26. The number of carbonyl (C=O) groups excluding carboxylic acids is 2. The number of hydrogen-bond donors (Lipinski definition) is 2. The van der Waals surface area contributed by atoms with Gasteiger partial charge in [0.2, 0.25) is 0 Å². The summed E-state index contributed by atoms with van der Waals surface area (Å²) in [6.45, 7) is 3.89. The molecule has 2 N–H and O–H groups in total. The van der Waals surface area contributed by atoms with Crippen molar-refractivity contribution in [2.45, 2.75) is 26.3 Å². The molecule has 1 unspecified atom stereocenters. The van der Waals surface area contributed by atoms with Crippen LogP contribution in [0.15, 0.2) is 30.6 Å². The van der Waals surface area contributed by atoms with Crippen LogP contribution in [0.1, 0.15) is 41.1 Å². The lowest BCUT2D eigenvalue weighted by Crippen LogP contribution is -2.32. The highest BCUT2D eigenvalue weighted by Gasteiger charge is 2.13. The Morgan fingerprint density at radius 2 is 2.04 bits per heavy atom. The third kappa shape index (κ3) is 4.90. The van der Waals surface area contributed by atoms with E-state index in [0.29, 0.717) is 22.1 Å². The van der Waals surface area contributed by atoms with Gasteiger partial charge in [0, 0.05) is 12.1 Å². The number of methoxy groups -OCH3 is 1. The van der Waals surface area contributed by atoms with E-state index in [9.17, 15) is 9.59 Å². The molecule has 1 amide bonds. The van der Waals surface area contributed by atoms with Crippen molar-refractivity contribution in [2.75, 3.05) is 12.4 Å². The Morgan fingerprint density at radius 3 is 2.72 bits per heavy atom. The second-order valence-corrected chi connectivity index (χ2v) is 5.79. The van der Waals surface area contributed by atoms with E-state index in [4.69, 9.17) is 16.3 Å². The van der Waals surface area contributed by atoms with E-state index in [1.165, 1.54) is 19.5 Å². The van der Waals surface area contributed by atoms with E-state index in [1.54, 1.807) is 18.2 Å². The van der Waals surface area contributed by atoms with Crippen molar-refractivity contribution in [1.29, 1.82) is 0 Å². The van der Waals surface area contributed by atoms with Crippen molar-refractivity contribution in [3.8, 4) is 0 Å². The lowest BCUT2D eigenvalue weighted by molar-refractivity contribution is 0.0600. The number of carbonyl (C=O) groups is 2. The molecule has 1 heterocycles. The molecular weight excluding hydrogens is 344 g/mol. The predicted molar refractivity (Wildman–Crippen MR) is 95.3 cm³/mol. The molecule has 132 valence electrons. The van der Waals surface area contributed by atoms with Crippen molar-refractivity contribution >= 4 is 35.0 Å². The van der Waals surface area contributed by atoms with Crippen LogP contribution in [0.2, 0.25) is 5.02 Å². The molecule has 0 fully saturated rings. The van der Waals surface area contributed by atoms with Gasteiger partial charge in [-0.25, -0.2) is 14.8 Å². The highest BCUT2D eigenvalue weighted by atomic mass is 35.5. The van der Waals surface area contributed by atoms with E-state index >= 15 is 0 Å². The van der Waals surface area contributed by atoms with Crippen LogP contribution >= 0.6 is 11.6 Å². The zero-order chi connectivity index (χ0) is 18.4. The number of rotatable bonds is 6. The largest absolute Gasteiger partial charge is 0.465 e. The van der Waals surface area contributed by atoms with Gasteiger partial charge in [0.1, 0.15) is 17.8 Å². The van der Waals surface area contributed by atoms with Gasteiger partial charge in [-0.3, -0.25) is 4.79 Å². The van der Waals surface area contributed by atoms with E-state index in [0.717, 1.165) is 6.42 Å². The molecule has 1 aromatic carbocycles. The number of hydrogen-bond acceptors (Lipinski definition) is 6. The fourth-order valence-corrected chi connectivity index (χ4v) is 2.12. The van der Waals surface area contributed by atoms with Gasteiger partial charge in [-0.2, -0.15) is 0 Å². The van der Waals surface area contributed by atoms with Gasteiger partial charge in [-0.1, -0.05) is 18.5 Å². The van der Waals surface area contributed by atoms with Gasteiger partial charge in [-0.05, 0) is 31.5 Å². The van der Waals surface area contributed by atoms with Gasteiger partial charge in [-0.15, -0.1) is 0 Å². The quantitative estimate of drug-likeness (QED) is 0.766. The first-order valence-electron chi connectivity index (χ1n) is 7.72. The summed E-state index contributed by atoms with van der Waals surface area (Å²) in [5.74, 6) is -0.376. The van der Waals surface area contributed by atoms with E-state index in [1.807, 2.05) is 13.8 Å². The van der Waals surface area contributed by atoms with Crippen LogP contribution in [0.5, 0.6) is 0 Å². The molecule has 25 heavy (non-hydrogen) atoms. The molecule has 8 heteroatoms. The minimum atomic E-state index is -0.476. The lowest BCUT2D eigenvalue weighted by atomic mass is 10.2. The minimum absolute atomic E-state index is 0.0463. The summed E-state index contributed by atoms with van der Waals surface area (Å²) in [4.78, 5) is 31.8. The monoisotopic (exact) mass is 362 g/mol. The standard InChI is InChI=1S/C17H19ClN4O3/c1-4-10(2)21-16(23)14-8-15(20-9-19-14)22-13-7-11(17(24)25-3)5-6-12(13)18/h5-10H,4H2,1-3H3,(H,21,23)(H,19,20,22). The van der Waals surface area contributed by atoms with Gasteiger partial charge < -0.3 is 15.4 Å². The smallest absolute Gasteiger partial charge is 0.337 e. The third-order valence-electron chi connectivity index (χ3n) is 3.54. The molecule has 0 aliphatic rings. The summed E-state index contributed by atoms with van der Waals surface area (Å²) in [6.07, 6.45) is 2.10. The maximum atomic E-state index is 12.2. The minimum Gasteiger partial charge on any atom is -0.465 e. The Bertz CT molecular complexity index is 782. The van der Waals surface area contributed by atoms with Gasteiger partial charge in [0.25, 0.3) is 5.91 Å². The van der Waals surface area contributed by atoms with Crippen LogP contribution in [-0.2, 0) is 4.74 Å². The molecule has 0 bridgehead atoms. The number of esters is 1. The molecule has 0 aliphatic heterocycles. The number of nitrogens with zero attached hydrogens (tertiary/aromatic N) is 2. The van der Waals surface area contributed by atoms with E-state index in [2.05, 4.69) is 20.6 Å². The number of anilines is 2. The fourth-order valence-electron chi connectivity index (χ4n) is 1.95. The van der Waals surface area contributed by atoms with E-state index in [-0.39, 0.29) is 17.6 Å². The first-order chi connectivity index (χ1) is 11.9. The van der Waals surface area contributed by atoms with Crippen LogP contribution in [0, 0.1) is 0 Å². The second-order valence-electron chi connectivity index (χ2n) is 5.38. The number of nitrogens with one attached hydrogen (secondary N) is 2. The Morgan fingerprint density at radius 1 is 1.28 bits per heavy atom. The first kappa shape index (κ1) is 18.7. The molecule has 7 nitrogen and oxygen atoms in total. The van der Waals surface area contributed by atoms with Crippen molar-refractivity contribution < 1.29 is 14.3 Å². The average Bonchev–Trinajstić information content (AvgIpc) is 2.62. The van der Waals surface area contributed by atoms with Crippen molar-refractivity contribution in [1.82, 2.24) is 15.3 Å². The first-order valence-corrected chi connectivity index (χ1v) is 8.10. The predicted octanol–water partition coefficient (Wildman–Crippen LogP) is 3.19. The number of amides is 1. The Balaban J connectivity index is 2.22. The molecule has 0 spiro atoms. The number of ether oxygens (including phenoxy) is 1. The summed E-state index contributed by atoms with van der Waals surface area (Å²) < 4.78 is 4.69. The lowest BCUT2D eigenvalue weighted by Gasteiger charge is -2.12. The van der Waals surface area contributed by atoms with Crippen LogP contribution in [0.3, 0.4) is 0 Å². The molecule has 1 aromatic heterocycles. The normalized spacial score (nSPS) is 11.5. The third-order valence-corrected chi connectivity index (χ3v) is 3.87. The molecule has 0 radical (unpaired) electrons. The highest BCUT2D eigenvalue weighted by molar-refractivity contribution is 6.33. The zero-order valence-electron chi connectivity index (χ0n) is 14.2. The van der Waals surface area contributed by atoms with Crippen LogP contribution in [0.25, 0.3) is 0 Å². The van der Waals surface area contributed by atoms with Crippen LogP contribution < -0.4 is 10.6 Å². The summed E-state index contributed by atoms with van der Waals surface area (Å²) in [5, 5.41) is 6.22. The number of aromatic nitrogens is 2. The second kappa shape index (κ2) is 8.43. The average molecular weight is 363 g/mol. The summed E-state index contributed by atoms with van der Waals surface area (Å²) in [6, 6.07) is 6.25. The molecule has 1 atom stereocenters. The number of benzene rings is 1. The van der Waals surface area contributed by atoms with Crippen LogP contribution in [-0.4, -0.2) is 35.0 Å². The van der Waals surface area contributed by atoms with Gasteiger partial charge >= 0.3 is 5.97 Å². The van der Waals surface area contributed by atoms with Crippen molar-refractivity contribution in [2.24, 2.45) is 0 Å². The maximum absolute atomic E-state index is 12.2. The van der Waals surface area contributed by atoms with Gasteiger partial charge in [0.05, 0.1) is 23.4 Å². The molecule has 0 saturated carbocycles. The Labute approximate surface area is 150 Å². The number of halogens is 1. The van der Waals surface area contributed by atoms with E-state index < -0.39 is 5.97 Å². The maximum Gasteiger partial charge on any atom is 0.337 e. The SMILES string of the molecule is CCC(C)NC(=O)c1cc(Nc2cc(C(=O)OC)ccc2Cl)ncn1. The molecule has 0 saturated heterocycles.